The highest BCUT2D eigenvalue weighted by Gasteiger charge is 2.19. The average molecular weight is 338 g/mol. The van der Waals surface area contributed by atoms with Gasteiger partial charge in [0.2, 0.25) is 0 Å². The molecule has 4 nitrogen and oxygen atoms in total. The summed E-state index contributed by atoms with van der Waals surface area (Å²) >= 11 is 3.58. The zero-order valence-corrected chi connectivity index (χ0v) is 13.4. The summed E-state index contributed by atoms with van der Waals surface area (Å²) in [5.74, 6) is 0.880. The Kier molecular flexibility index (Phi) is 5.61. The van der Waals surface area contributed by atoms with Crippen LogP contribution in [0.25, 0.3) is 0 Å². The second-order valence-corrected chi connectivity index (χ2v) is 5.42. The molecule has 108 valence electrons. The number of nitrogens with one attached hydrogen (secondary N) is 1. The average Bonchev–Trinajstić information content (AvgIpc) is 2.83. The van der Waals surface area contributed by atoms with Crippen LogP contribution >= 0.6 is 15.9 Å². The Labute approximate surface area is 128 Å². The van der Waals surface area contributed by atoms with Gasteiger partial charge in [0.25, 0.3) is 0 Å². The maximum Gasteiger partial charge on any atom is 0.119 e. The van der Waals surface area contributed by atoms with Gasteiger partial charge in [0.15, 0.2) is 0 Å². The normalized spacial score (nSPS) is 12.3. The van der Waals surface area contributed by atoms with E-state index in [4.69, 9.17) is 4.74 Å². The number of halogens is 1. The van der Waals surface area contributed by atoms with Gasteiger partial charge in [-0.25, -0.2) is 0 Å². The van der Waals surface area contributed by atoms with Gasteiger partial charge in [0, 0.05) is 6.54 Å². The lowest BCUT2D eigenvalue weighted by Gasteiger charge is -2.19. The molecular formula is C15H20BrN3O. The van der Waals surface area contributed by atoms with Crippen molar-refractivity contribution in [2.45, 2.75) is 25.9 Å². The second-order valence-electron chi connectivity index (χ2n) is 4.57. The zero-order valence-electron chi connectivity index (χ0n) is 11.8. The third kappa shape index (κ3) is 3.61. The molecule has 0 aliphatic carbocycles. The summed E-state index contributed by atoms with van der Waals surface area (Å²) in [6.07, 6.45) is 2.90. The van der Waals surface area contributed by atoms with Crippen molar-refractivity contribution in [1.29, 1.82) is 0 Å². The number of ether oxygens (including phenoxy) is 1. The first-order valence-electron chi connectivity index (χ1n) is 6.82. The van der Waals surface area contributed by atoms with E-state index >= 15 is 0 Å². The molecule has 1 aromatic heterocycles. The first-order chi connectivity index (χ1) is 9.76. The molecule has 0 spiro atoms. The van der Waals surface area contributed by atoms with E-state index in [0.29, 0.717) is 6.61 Å². The molecule has 0 aliphatic heterocycles. The molecule has 0 fully saturated rings. The fourth-order valence-electron chi connectivity index (χ4n) is 2.10. The largest absolute Gasteiger partial charge is 0.492 e. The van der Waals surface area contributed by atoms with Gasteiger partial charge in [-0.15, -0.1) is 0 Å². The Balaban J connectivity index is 2.10. The highest BCUT2D eigenvalue weighted by atomic mass is 79.9. The Morgan fingerprint density at radius 1 is 1.35 bits per heavy atom. The van der Waals surface area contributed by atoms with Crippen molar-refractivity contribution in [1.82, 2.24) is 15.1 Å². The Hall–Kier alpha value is -1.33. The molecule has 1 aromatic carbocycles. The predicted molar refractivity (Wildman–Crippen MR) is 84.0 cm³/mol. The summed E-state index contributed by atoms with van der Waals surface area (Å²) in [6.45, 7) is 3.62. The van der Waals surface area contributed by atoms with E-state index in [1.807, 2.05) is 48.3 Å². The van der Waals surface area contributed by atoms with Crippen LogP contribution in [0.1, 0.15) is 25.1 Å². The topological polar surface area (TPSA) is 39.1 Å². The van der Waals surface area contributed by atoms with E-state index in [2.05, 4.69) is 33.3 Å². The number of benzene rings is 1. The molecule has 20 heavy (non-hydrogen) atoms. The van der Waals surface area contributed by atoms with Crippen LogP contribution < -0.4 is 10.1 Å². The highest BCUT2D eigenvalue weighted by Crippen LogP contribution is 2.24. The maximum atomic E-state index is 5.85. The van der Waals surface area contributed by atoms with Crippen molar-refractivity contribution in [3.05, 3.63) is 46.7 Å². The third-order valence-electron chi connectivity index (χ3n) is 3.11. The summed E-state index contributed by atoms with van der Waals surface area (Å²) in [4.78, 5) is 0. The number of para-hydroxylation sites is 1. The van der Waals surface area contributed by atoms with Crippen molar-refractivity contribution in [2.24, 2.45) is 0 Å². The van der Waals surface area contributed by atoms with Crippen molar-refractivity contribution in [3.8, 4) is 5.75 Å². The molecule has 0 saturated carbocycles. The molecule has 2 rings (SSSR count). The highest BCUT2D eigenvalue weighted by molar-refractivity contribution is 9.10. The Morgan fingerprint density at radius 2 is 2.10 bits per heavy atom. The van der Waals surface area contributed by atoms with Crippen LogP contribution in [0.15, 0.2) is 41.0 Å². The molecule has 5 heteroatoms. The van der Waals surface area contributed by atoms with Crippen LogP contribution in [0.3, 0.4) is 0 Å². The predicted octanol–water partition coefficient (Wildman–Crippen LogP) is 3.40. The number of hydrogen-bond donors (Lipinski definition) is 1. The minimum atomic E-state index is 0.0960. The number of aromatic nitrogens is 2. The van der Waals surface area contributed by atoms with Crippen molar-refractivity contribution in [2.75, 3.05) is 13.7 Å². The minimum Gasteiger partial charge on any atom is -0.492 e. The van der Waals surface area contributed by atoms with E-state index in [-0.39, 0.29) is 6.04 Å². The van der Waals surface area contributed by atoms with Crippen LogP contribution in [-0.2, 0) is 6.54 Å². The summed E-state index contributed by atoms with van der Waals surface area (Å²) < 4.78 is 8.89. The lowest BCUT2D eigenvalue weighted by molar-refractivity contribution is 0.265. The molecule has 0 radical (unpaired) electrons. The summed E-state index contributed by atoms with van der Waals surface area (Å²) in [7, 11) is 1.94. The maximum absolute atomic E-state index is 5.85. The summed E-state index contributed by atoms with van der Waals surface area (Å²) in [5.41, 5.74) is 1.13. The van der Waals surface area contributed by atoms with E-state index in [1.54, 1.807) is 0 Å². The molecule has 1 N–H and O–H groups in total. The van der Waals surface area contributed by atoms with Crippen LogP contribution in [0.2, 0.25) is 0 Å². The molecule has 0 bridgehead atoms. The molecule has 2 aromatic rings. The van der Waals surface area contributed by atoms with Gasteiger partial charge >= 0.3 is 0 Å². The third-order valence-corrected chi connectivity index (χ3v) is 3.72. The van der Waals surface area contributed by atoms with Crippen molar-refractivity contribution in [3.63, 3.8) is 0 Å². The number of hydrogen-bond acceptors (Lipinski definition) is 3. The minimum absolute atomic E-state index is 0.0960. The van der Waals surface area contributed by atoms with E-state index < -0.39 is 0 Å². The number of nitrogens with zero attached hydrogens (tertiary/aromatic N) is 2. The number of rotatable bonds is 7. The first kappa shape index (κ1) is 15.1. The van der Waals surface area contributed by atoms with E-state index in [9.17, 15) is 0 Å². The molecule has 1 unspecified atom stereocenters. The molecule has 0 amide bonds. The van der Waals surface area contributed by atoms with Crippen molar-refractivity contribution < 1.29 is 4.74 Å². The van der Waals surface area contributed by atoms with E-state index in [1.165, 1.54) is 0 Å². The molecular weight excluding hydrogens is 318 g/mol. The first-order valence-corrected chi connectivity index (χ1v) is 7.61. The number of aryl methyl sites for hydroxylation is 1. The van der Waals surface area contributed by atoms with E-state index in [0.717, 1.165) is 28.9 Å². The van der Waals surface area contributed by atoms with Crippen LogP contribution in [0, 0.1) is 0 Å². The molecule has 0 aliphatic rings. The van der Waals surface area contributed by atoms with Crippen LogP contribution in [0.5, 0.6) is 5.75 Å². The lowest BCUT2D eigenvalue weighted by Crippen LogP contribution is -2.26. The fraction of sp³-hybridized carbons (Fsp3) is 0.400. The standard InChI is InChI=1S/C15H20BrN3O/c1-3-9-19-15(13(16)10-18-19)14(17-2)11-20-12-7-5-4-6-8-12/h4-8,10,14,17H,3,9,11H2,1-2H3. The smallest absolute Gasteiger partial charge is 0.119 e. The Morgan fingerprint density at radius 3 is 2.75 bits per heavy atom. The molecule has 1 atom stereocenters. The quantitative estimate of drug-likeness (QED) is 0.841. The summed E-state index contributed by atoms with van der Waals surface area (Å²) in [5, 5.41) is 7.70. The van der Waals surface area contributed by atoms with Gasteiger partial charge in [0.1, 0.15) is 12.4 Å². The van der Waals surface area contributed by atoms with Gasteiger partial charge in [-0.1, -0.05) is 25.1 Å². The van der Waals surface area contributed by atoms with Gasteiger partial charge in [-0.3, -0.25) is 4.68 Å². The summed E-state index contributed by atoms with van der Waals surface area (Å²) in [6, 6.07) is 9.95. The van der Waals surface area contributed by atoms with Gasteiger partial charge < -0.3 is 10.1 Å². The second kappa shape index (κ2) is 7.45. The fourth-order valence-corrected chi connectivity index (χ4v) is 2.68. The molecule has 1 heterocycles. The lowest BCUT2D eigenvalue weighted by atomic mass is 10.2. The van der Waals surface area contributed by atoms with Crippen LogP contribution in [0.4, 0.5) is 0 Å². The molecule has 0 saturated heterocycles. The van der Waals surface area contributed by atoms with Gasteiger partial charge in [-0.05, 0) is 41.5 Å². The monoisotopic (exact) mass is 337 g/mol. The number of likely N-dealkylation sites (N-methyl/N-ethyl adjacent to an activating group) is 1. The SMILES string of the molecule is CCCn1ncc(Br)c1C(COc1ccccc1)NC. The van der Waals surface area contributed by atoms with Gasteiger partial charge in [0.05, 0.1) is 22.4 Å². The Bertz CT molecular complexity index is 527. The zero-order chi connectivity index (χ0) is 14.4. The van der Waals surface area contributed by atoms with Crippen LogP contribution in [-0.4, -0.2) is 23.4 Å². The van der Waals surface area contributed by atoms with Crippen molar-refractivity contribution >= 4 is 15.9 Å². The van der Waals surface area contributed by atoms with Gasteiger partial charge in [-0.2, -0.15) is 5.10 Å².